The second kappa shape index (κ2) is 8.87. The van der Waals surface area contributed by atoms with Crippen LogP contribution in [0.2, 0.25) is 0 Å². The molecule has 1 rings (SSSR count). The predicted molar refractivity (Wildman–Crippen MR) is 85.3 cm³/mol. The molecule has 0 saturated carbocycles. The summed E-state index contributed by atoms with van der Waals surface area (Å²) in [5, 5.41) is 3.16. The first-order valence-electron chi connectivity index (χ1n) is 5.92. The van der Waals surface area contributed by atoms with Crippen LogP contribution in [0, 0.1) is 3.70 Å². The highest BCUT2D eigenvalue weighted by molar-refractivity contribution is 14.1. The number of pyridine rings is 1. The van der Waals surface area contributed by atoms with Gasteiger partial charge in [0.15, 0.2) is 0 Å². The van der Waals surface area contributed by atoms with E-state index in [0.717, 1.165) is 9.45 Å². The number of likely N-dealkylation sites (N-methyl/N-ethyl adjacent to an activating group) is 1. The van der Waals surface area contributed by atoms with Crippen molar-refractivity contribution in [3.8, 4) is 5.75 Å². The largest absolute Gasteiger partial charge is 0.491 e. The molecule has 0 aliphatic rings. The van der Waals surface area contributed by atoms with Crippen LogP contribution in [0.4, 0.5) is 0 Å². The van der Waals surface area contributed by atoms with Crippen LogP contribution in [0.15, 0.2) is 30.5 Å². The Morgan fingerprint density at radius 1 is 1.58 bits per heavy atom. The lowest BCUT2D eigenvalue weighted by molar-refractivity contribution is -0.123. The van der Waals surface area contributed by atoms with E-state index in [1.165, 1.54) is 4.90 Å². The Bertz CT molecular complexity index is 424. The van der Waals surface area contributed by atoms with Gasteiger partial charge in [-0.25, -0.2) is 4.98 Å². The average molecular weight is 377 g/mol. The van der Waals surface area contributed by atoms with E-state index in [1.54, 1.807) is 32.4 Å². The van der Waals surface area contributed by atoms with Crippen molar-refractivity contribution in [1.82, 2.24) is 15.2 Å². The summed E-state index contributed by atoms with van der Waals surface area (Å²) in [6.45, 7) is 1.93. The van der Waals surface area contributed by atoms with Crippen LogP contribution in [0.25, 0.3) is 0 Å². The first kappa shape index (κ1) is 15.9. The summed E-state index contributed by atoms with van der Waals surface area (Å²) in [6.07, 6.45) is 5.06. The van der Waals surface area contributed by atoms with Gasteiger partial charge >= 0.3 is 0 Å². The predicted octanol–water partition coefficient (Wildman–Crippen LogP) is 1.54. The monoisotopic (exact) mass is 377 g/mol. The van der Waals surface area contributed by atoms with Gasteiger partial charge in [0.2, 0.25) is 5.91 Å². The number of nitrogens with one attached hydrogen (secondary N) is 1. The van der Waals surface area contributed by atoms with E-state index in [4.69, 9.17) is 4.74 Å². The average Bonchev–Trinajstić information content (AvgIpc) is 2.39. The van der Waals surface area contributed by atoms with E-state index in [1.807, 2.05) is 12.1 Å². The Morgan fingerprint density at radius 3 is 3.00 bits per heavy atom. The van der Waals surface area contributed by atoms with E-state index in [-0.39, 0.29) is 7.33 Å². The van der Waals surface area contributed by atoms with Crippen molar-refractivity contribution >= 4 is 28.5 Å². The molecule has 0 aromatic carbocycles. The second-order valence-electron chi connectivity index (χ2n) is 4.00. The smallest absolute Gasteiger partial charge is 0.245 e. The number of rotatable bonds is 7. The van der Waals surface area contributed by atoms with Crippen LogP contribution in [0.3, 0.4) is 0 Å². The van der Waals surface area contributed by atoms with Crippen LogP contribution in [-0.2, 0) is 4.79 Å². The molecule has 19 heavy (non-hydrogen) atoms. The molecule has 1 N–H and O–H groups in total. The summed E-state index contributed by atoms with van der Waals surface area (Å²) in [5.41, 5.74) is 0. The molecule has 0 atom stereocenters. The van der Waals surface area contributed by atoms with Gasteiger partial charge < -0.3 is 15.0 Å². The van der Waals surface area contributed by atoms with Gasteiger partial charge in [-0.1, -0.05) is 6.08 Å². The number of carbonyl (C=O) groups is 1. The molecule has 5 nitrogen and oxygen atoms in total. The lowest BCUT2D eigenvalue weighted by Crippen LogP contribution is -2.22. The molecular formula is C13H20IN3O2. The standard InChI is InChI=1S/C13H18IN3O2.H2/c1-17(2)13(18)4-3-7-15-8-9-19-11-5-6-12(14)16-10-11;/h3-6,10,15H,7-9H2,1-2H3;1H/b4-3+;. The quantitative estimate of drug-likeness (QED) is 0.339. The van der Waals surface area contributed by atoms with E-state index in [9.17, 15) is 4.79 Å². The van der Waals surface area contributed by atoms with Crippen molar-refractivity contribution in [2.24, 2.45) is 0 Å². The normalized spacial score (nSPS) is 10.7. The molecule has 0 aliphatic carbocycles. The number of amides is 1. The van der Waals surface area contributed by atoms with Crippen molar-refractivity contribution < 1.29 is 11.0 Å². The minimum absolute atomic E-state index is 0. The Morgan fingerprint density at radius 2 is 2.37 bits per heavy atom. The van der Waals surface area contributed by atoms with E-state index in [2.05, 4.69) is 32.9 Å². The van der Waals surface area contributed by atoms with Crippen molar-refractivity contribution in [1.29, 1.82) is 0 Å². The van der Waals surface area contributed by atoms with Gasteiger partial charge in [0, 0.05) is 34.7 Å². The van der Waals surface area contributed by atoms with Crippen molar-refractivity contribution in [3.05, 3.63) is 34.2 Å². The van der Waals surface area contributed by atoms with E-state index >= 15 is 0 Å². The number of ether oxygens (including phenoxy) is 1. The van der Waals surface area contributed by atoms with Crippen LogP contribution < -0.4 is 10.1 Å². The zero-order chi connectivity index (χ0) is 14.1. The number of nitrogens with zero attached hydrogens (tertiary/aromatic N) is 2. The van der Waals surface area contributed by atoms with Crippen LogP contribution in [0.1, 0.15) is 1.43 Å². The fraction of sp³-hybridized carbons (Fsp3) is 0.385. The molecule has 1 aromatic heterocycles. The third-order valence-corrected chi connectivity index (χ3v) is 2.85. The summed E-state index contributed by atoms with van der Waals surface area (Å²) >= 11 is 2.15. The van der Waals surface area contributed by atoms with Gasteiger partial charge in [-0.05, 0) is 34.7 Å². The zero-order valence-corrected chi connectivity index (χ0v) is 13.3. The molecule has 0 aliphatic heterocycles. The maximum atomic E-state index is 11.2. The molecule has 0 fully saturated rings. The van der Waals surface area contributed by atoms with Gasteiger partial charge in [0.05, 0.1) is 6.20 Å². The molecule has 0 radical (unpaired) electrons. The van der Waals surface area contributed by atoms with Gasteiger partial charge in [-0.2, -0.15) is 0 Å². The molecule has 0 unspecified atom stereocenters. The molecular weight excluding hydrogens is 357 g/mol. The number of hydrogen-bond donors (Lipinski definition) is 1. The lowest BCUT2D eigenvalue weighted by atomic mass is 10.4. The summed E-state index contributed by atoms with van der Waals surface area (Å²) in [6, 6.07) is 3.79. The molecule has 0 bridgehead atoms. The number of carbonyl (C=O) groups excluding carboxylic acids is 1. The summed E-state index contributed by atoms with van der Waals surface area (Å²) in [4.78, 5) is 16.9. The molecule has 106 valence electrons. The Balaban J connectivity index is 0.00000361. The fourth-order valence-electron chi connectivity index (χ4n) is 1.18. The number of aromatic nitrogens is 1. The van der Waals surface area contributed by atoms with E-state index < -0.39 is 0 Å². The number of halogens is 1. The highest BCUT2D eigenvalue weighted by Gasteiger charge is 1.96. The Hall–Kier alpha value is -1.15. The highest BCUT2D eigenvalue weighted by Crippen LogP contribution is 2.09. The SMILES string of the molecule is CN(C)C(=O)/C=C/CNCCOc1ccc(I)nc1.[HH]. The van der Waals surface area contributed by atoms with Gasteiger partial charge in [-0.15, -0.1) is 0 Å². The van der Waals surface area contributed by atoms with Crippen molar-refractivity contribution in [2.75, 3.05) is 33.8 Å². The summed E-state index contributed by atoms with van der Waals surface area (Å²) < 4.78 is 6.44. The maximum Gasteiger partial charge on any atom is 0.245 e. The first-order valence-corrected chi connectivity index (χ1v) is 7.00. The van der Waals surface area contributed by atoms with Gasteiger partial charge in [0.25, 0.3) is 0 Å². The maximum absolute atomic E-state index is 11.2. The van der Waals surface area contributed by atoms with Crippen LogP contribution >= 0.6 is 22.6 Å². The molecule has 0 saturated heterocycles. The number of hydrogen-bond acceptors (Lipinski definition) is 4. The topological polar surface area (TPSA) is 54.5 Å². The second-order valence-corrected chi connectivity index (χ2v) is 5.11. The third-order valence-electron chi connectivity index (χ3n) is 2.21. The van der Waals surface area contributed by atoms with Crippen molar-refractivity contribution in [3.63, 3.8) is 0 Å². The van der Waals surface area contributed by atoms with Gasteiger partial charge in [0.1, 0.15) is 16.1 Å². The molecule has 1 aromatic rings. The minimum atomic E-state index is -0.0111. The Kier molecular flexibility index (Phi) is 7.42. The molecule has 1 heterocycles. The van der Waals surface area contributed by atoms with Crippen LogP contribution in [0.5, 0.6) is 5.75 Å². The molecule has 0 spiro atoms. The lowest BCUT2D eigenvalue weighted by Gasteiger charge is -2.06. The molecule has 1 amide bonds. The summed E-state index contributed by atoms with van der Waals surface area (Å²) in [5.74, 6) is 0.753. The van der Waals surface area contributed by atoms with Crippen LogP contribution in [-0.4, -0.2) is 49.6 Å². The minimum Gasteiger partial charge on any atom is -0.491 e. The zero-order valence-electron chi connectivity index (χ0n) is 11.1. The van der Waals surface area contributed by atoms with Gasteiger partial charge in [-0.3, -0.25) is 4.79 Å². The fourth-order valence-corrected chi connectivity index (χ4v) is 1.50. The third kappa shape index (κ3) is 7.12. The first-order chi connectivity index (χ1) is 9.09. The van der Waals surface area contributed by atoms with E-state index in [0.29, 0.717) is 19.7 Å². The summed E-state index contributed by atoms with van der Waals surface area (Å²) in [7, 11) is 3.45. The molecule has 6 heteroatoms. The Labute approximate surface area is 128 Å². The highest BCUT2D eigenvalue weighted by atomic mass is 127. The van der Waals surface area contributed by atoms with Crippen molar-refractivity contribution in [2.45, 2.75) is 0 Å².